The Bertz CT molecular complexity index is 2240. The normalized spacial score (nSPS) is 31.1. The number of epoxide rings is 1. The van der Waals surface area contributed by atoms with Crippen molar-refractivity contribution in [3.05, 3.63) is 149 Å². The first kappa shape index (κ1) is 39.9. The molecule has 4 saturated heterocycles. The second-order valence-electron chi connectivity index (χ2n) is 17.2. The van der Waals surface area contributed by atoms with Gasteiger partial charge in [-0.1, -0.05) is 127 Å². The van der Waals surface area contributed by atoms with Crippen LogP contribution in [-0.2, 0) is 56.9 Å². The maximum atomic E-state index is 15.8. The van der Waals surface area contributed by atoms with E-state index in [1.165, 1.54) is 4.90 Å². The van der Waals surface area contributed by atoms with E-state index in [9.17, 15) is 14.7 Å². The standard InChI is InChI=1S/C49H51N3O9/c1-51(37(45(54)50-25-26-53)27-31-13-5-2-6-14-31)47(56)48-29-40-41-42(60-49(59-41,35-17-7-3-8-18-35)36-19-9-4-10-20-36)44(48)61-52(43(48)46(55)58-40)30-34-16-12-11-15-33(34)23-21-32-22-24-38-39(28-32)57-38/h2-21,23,32,37-44,53H,22,24-30H2,1H3,(H,50,54)/t32?,37-,38?,39?,40-,41+,42+,43+,44-,48+/m1/s1. The van der Waals surface area contributed by atoms with Crippen molar-refractivity contribution in [2.45, 2.75) is 93.1 Å². The Hall–Kier alpha value is -5.21. The zero-order chi connectivity index (χ0) is 41.7. The molecular weight excluding hydrogens is 775 g/mol. The van der Waals surface area contributed by atoms with Gasteiger partial charge in [0.25, 0.3) is 0 Å². The predicted molar refractivity (Wildman–Crippen MR) is 223 cm³/mol. The van der Waals surface area contributed by atoms with Gasteiger partial charge >= 0.3 is 5.97 Å². The Kier molecular flexibility index (Phi) is 10.6. The summed E-state index contributed by atoms with van der Waals surface area (Å²) in [6.45, 7) is -0.0687. The fourth-order valence-electron chi connectivity index (χ4n) is 10.5. The Morgan fingerprint density at radius 3 is 2.25 bits per heavy atom. The van der Waals surface area contributed by atoms with Crippen LogP contribution < -0.4 is 5.32 Å². The lowest BCUT2D eigenvalue weighted by atomic mass is 9.62. The van der Waals surface area contributed by atoms with Crippen molar-refractivity contribution in [2.75, 3.05) is 20.2 Å². The maximum absolute atomic E-state index is 15.8. The van der Waals surface area contributed by atoms with Crippen molar-refractivity contribution in [2.24, 2.45) is 11.3 Å². The molecule has 0 spiro atoms. The van der Waals surface area contributed by atoms with Crippen molar-refractivity contribution in [3.8, 4) is 0 Å². The van der Waals surface area contributed by atoms with Crippen molar-refractivity contribution in [3.63, 3.8) is 0 Å². The van der Waals surface area contributed by atoms with E-state index >= 15 is 4.79 Å². The average molecular weight is 826 g/mol. The van der Waals surface area contributed by atoms with Crippen LogP contribution in [0.15, 0.2) is 121 Å². The molecule has 10 atom stereocenters. The van der Waals surface area contributed by atoms with E-state index < -0.39 is 65.5 Å². The zero-order valence-corrected chi connectivity index (χ0v) is 34.1. The van der Waals surface area contributed by atoms with E-state index in [1.54, 1.807) is 12.1 Å². The Morgan fingerprint density at radius 1 is 0.869 bits per heavy atom. The van der Waals surface area contributed by atoms with Gasteiger partial charge in [-0.05, 0) is 41.9 Å². The molecule has 12 heteroatoms. The molecule has 10 rings (SSSR count). The Morgan fingerprint density at radius 2 is 1.54 bits per heavy atom. The third-order valence-electron chi connectivity index (χ3n) is 13.6. The first-order valence-corrected chi connectivity index (χ1v) is 21.5. The quantitative estimate of drug-likeness (QED) is 0.141. The largest absolute Gasteiger partial charge is 0.458 e. The van der Waals surface area contributed by atoms with Crippen LogP contribution >= 0.6 is 0 Å². The first-order valence-electron chi connectivity index (χ1n) is 21.5. The molecule has 4 aromatic rings. The van der Waals surface area contributed by atoms with E-state index in [1.807, 2.05) is 109 Å². The van der Waals surface area contributed by atoms with Gasteiger partial charge in [0, 0.05) is 37.6 Å². The van der Waals surface area contributed by atoms with Gasteiger partial charge in [0.1, 0.15) is 35.9 Å². The summed E-state index contributed by atoms with van der Waals surface area (Å²) in [7, 11) is 1.61. The summed E-state index contributed by atoms with van der Waals surface area (Å²) in [5, 5.41) is 14.0. The summed E-state index contributed by atoms with van der Waals surface area (Å²) in [6.07, 6.45) is 5.08. The molecule has 0 radical (unpaired) electrons. The van der Waals surface area contributed by atoms with Gasteiger partial charge in [0.2, 0.25) is 17.6 Å². The molecule has 2 bridgehead atoms. The predicted octanol–water partition coefficient (Wildman–Crippen LogP) is 4.93. The number of ether oxygens (including phenoxy) is 4. The Balaban J connectivity index is 1.05. The summed E-state index contributed by atoms with van der Waals surface area (Å²) in [4.78, 5) is 52.9. The number of hydroxylamine groups is 2. The van der Waals surface area contributed by atoms with Crippen LogP contribution in [0, 0.1) is 11.3 Å². The summed E-state index contributed by atoms with van der Waals surface area (Å²) in [5.41, 5.74) is 2.68. The van der Waals surface area contributed by atoms with Gasteiger partial charge in [-0.3, -0.25) is 19.2 Å². The molecule has 6 fully saturated rings. The van der Waals surface area contributed by atoms with E-state index in [-0.39, 0.29) is 32.5 Å². The summed E-state index contributed by atoms with van der Waals surface area (Å²) in [5.74, 6) is -2.45. The monoisotopic (exact) mass is 825 g/mol. The molecular formula is C49H51N3O9. The summed E-state index contributed by atoms with van der Waals surface area (Å²) >= 11 is 0. The van der Waals surface area contributed by atoms with Crippen molar-refractivity contribution in [1.29, 1.82) is 0 Å². The van der Waals surface area contributed by atoms with Crippen LogP contribution in [-0.4, -0.2) is 102 Å². The number of amides is 2. The third-order valence-corrected chi connectivity index (χ3v) is 13.6. The maximum Gasteiger partial charge on any atom is 0.327 e. The van der Waals surface area contributed by atoms with Crippen molar-refractivity contribution < 1.29 is 43.3 Å². The number of allylic oxidation sites excluding steroid dienone is 1. The fraction of sp³-hybridized carbons (Fsp3) is 0.408. The number of aliphatic hydroxyl groups excluding tert-OH is 1. The zero-order valence-electron chi connectivity index (χ0n) is 34.1. The molecule has 2 aliphatic carbocycles. The number of nitrogens with zero attached hydrogens (tertiary/aromatic N) is 2. The highest BCUT2D eigenvalue weighted by atomic mass is 16.8. The molecule has 12 nitrogen and oxygen atoms in total. The van der Waals surface area contributed by atoms with Crippen LogP contribution in [0.1, 0.15) is 53.5 Å². The number of carbonyl (C=O) groups excluding carboxylic acids is 3. The SMILES string of the molecule is CN(C(=O)[C@@]12C[C@H]3OC(=O)[C@@H]1N(Cc1ccccc1C=CC1CCC4OC4C1)O[C@@H]2[C@H]1OC(c2ccccc2)(c2ccccc2)O[C@H]13)[C@H](Cc1ccccc1)C(=O)NCCO. The van der Waals surface area contributed by atoms with Gasteiger partial charge in [-0.15, -0.1) is 0 Å². The van der Waals surface area contributed by atoms with E-state index in [2.05, 4.69) is 23.5 Å². The molecule has 316 valence electrons. The van der Waals surface area contributed by atoms with E-state index in [0.29, 0.717) is 18.1 Å². The van der Waals surface area contributed by atoms with Gasteiger partial charge in [0.05, 0.1) is 25.4 Å². The van der Waals surface area contributed by atoms with Gasteiger partial charge < -0.3 is 34.3 Å². The van der Waals surface area contributed by atoms with Crippen LogP contribution in [0.3, 0.4) is 0 Å². The van der Waals surface area contributed by atoms with Gasteiger partial charge in [-0.2, -0.15) is 5.06 Å². The smallest absolute Gasteiger partial charge is 0.327 e. The van der Waals surface area contributed by atoms with Crippen LogP contribution in [0.5, 0.6) is 0 Å². The van der Waals surface area contributed by atoms with Crippen LogP contribution in [0.2, 0.25) is 0 Å². The lowest BCUT2D eigenvalue weighted by molar-refractivity contribution is -0.214. The minimum atomic E-state index is -1.54. The number of nitrogens with one attached hydrogen (secondary N) is 1. The van der Waals surface area contributed by atoms with Crippen LogP contribution in [0.4, 0.5) is 0 Å². The molecule has 4 aliphatic heterocycles. The highest BCUT2D eigenvalue weighted by molar-refractivity contribution is 5.96. The minimum Gasteiger partial charge on any atom is -0.458 e. The minimum absolute atomic E-state index is 0.0211. The Labute approximate surface area is 355 Å². The number of esters is 1. The number of aliphatic hydroxyl groups is 1. The molecule has 2 saturated carbocycles. The van der Waals surface area contributed by atoms with Gasteiger partial charge in [-0.25, -0.2) is 0 Å². The lowest BCUT2D eigenvalue weighted by Crippen LogP contribution is -2.70. The number of hydrogen-bond acceptors (Lipinski definition) is 10. The molecule has 2 amide bonds. The van der Waals surface area contributed by atoms with Crippen molar-refractivity contribution in [1.82, 2.24) is 15.3 Å². The number of fused-ring (bicyclic) bond motifs is 5. The number of benzene rings is 4. The molecule has 6 aliphatic rings. The second kappa shape index (κ2) is 16.2. The first-order chi connectivity index (χ1) is 29.8. The van der Waals surface area contributed by atoms with E-state index in [4.69, 9.17) is 23.8 Å². The molecule has 61 heavy (non-hydrogen) atoms. The molecule has 4 aromatic carbocycles. The fourth-order valence-corrected chi connectivity index (χ4v) is 10.5. The average Bonchev–Trinajstić information content (AvgIpc) is 3.82. The third kappa shape index (κ3) is 7.09. The lowest BCUT2D eigenvalue weighted by Gasteiger charge is -2.50. The number of carbonyl (C=O) groups is 3. The number of likely N-dealkylation sites (N-methyl/N-ethyl adjacent to an activating group) is 1. The summed E-state index contributed by atoms with van der Waals surface area (Å²) < 4.78 is 26.4. The number of rotatable bonds is 13. The molecule has 2 N–H and O–H groups in total. The number of hydrogen-bond donors (Lipinski definition) is 2. The topological polar surface area (TPSA) is 139 Å². The molecule has 3 unspecified atom stereocenters. The highest BCUT2D eigenvalue weighted by Gasteiger charge is 2.77. The van der Waals surface area contributed by atoms with Gasteiger partial charge in [0.15, 0.2) is 6.04 Å². The van der Waals surface area contributed by atoms with E-state index in [0.717, 1.165) is 47.1 Å². The second-order valence-corrected chi connectivity index (χ2v) is 17.2. The van der Waals surface area contributed by atoms with Crippen LogP contribution in [0.25, 0.3) is 6.08 Å². The highest BCUT2D eigenvalue weighted by Crippen LogP contribution is 2.60. The molecule has 0 aromatic heterocycles. The molecule has 4 heterocycles. The van der Waals surface area contributed by atoms with Crippen molar-refractivity contribution >= 4 is 23.9 Å². The summed E-state index contributed by atoms with van der Waals surface area (Å²) in [6, 6.07) is 34.6.